The number of aromatic nitrogens is 1. The minimum atomic E-state index is -0.828. The standard InChI is InChI=1S/C18H18F2N2O3/c1-11-3-2-6-21(18(11)25)10-17(24)22-9-13(23)8-16(22)14-7-12(19)4-5-15(14)20/h2-7,13,16,23H,8-10H2,1H3/t13-,16-/m1/s1. The summed E-state index contributed by atoms with van der Waals surface area (Å²) in [6, 6.07) is 5.59. The Hall–Kier alpha value is -2.54. The van der Waals surface area contributed by atoms with Gasteiger partial charge in [0.05, 0.1) is 12.1 Å². The summed E-state index contributed by atoms with van der Waals surface area (Å²) >= 11 is 0. The van der Waals surface area contributed by atoms with E-state index in [4.69, 9.17) is 0 Å². The molecule has 1 aliphatic rings. The lowest BCUT2D eigenvalue weighted by Gasteiger charge is -2.25. The van der Waals surface area contributed by atoms with E-state index in [0.717, 1.165) is 18.2 Å². The number of likely N-dealkylation sites (tertiary alicyclic amines) is 1. The number of hydrogen-bond acceptors (Lipinski definition) is 3. The second-order valence-corrected chi connectivity index (χ2v) is 6.24. The van der Waals surface area contributed by atoms with Gasteiger partial charge in [-0.3, -0.25) is 9.59 Å². The summed E-state index contributed by atoms with van der Waals surface area (Å²) in [5.74, 6) is -1.68. The molecule has 132 valence electrons. The number of carbonyl (C=O) groups excluding carboxylic acids is 1. The van der Waals surface area contributed by atoms with E-state index in [0.29, 0.717) is 5.56 Å². The molecular weight excluding hydrogens is 330 g/mol. The lowest BCUT2D eigenvalue weighted by molar-refractivity contribution is -0.133. The van der Waals surface area contributed by atoms with E-state index in [9.17, 15) is 23.5 Å². The Bertz CT molecular complexity index is 866. The van der Waals surface area contributed by atoms with Crippen LogP contribution < -0.4 is 5.56 Å². The van der Waals surface area contributed by atoms with Crippen LogP contribution in [0.1, 0.15) is 23.6 Å². The monoisotopic (exact) mass is 348 g/mol. The number of amides is 1. The SMILES string of the molecule is Cc1cccn(CC(=O)N2C[C@H](O)C[C@@H]2c2cc(F)ccc2F)c1=O. The van der Waals surface area contributed by atoms with Gasteiger partial charge in [0.1, 0.15) is 18.2 Å². The summed E-state index contributed by atoms with van der Waals surface area (Å²) in [6.07, 6.45) is 0.789. The van der Waals surface area contributed by atoms with Crippen LogP contribution in [0.2, 0.25) is 0 Å². The molecular formula is C18H18F2N2O3. The number of hydrogen-bond donors (Lipinski definition) is 1. The first-order valence-corrected chi connectivity index (χ1v) is 7.95. The summed E-state index contributed by atoms with van der Waals surface area (Å²) in [5.41, 5.74) is 0.245. The second-order valence-electron chi connectivity index (χ2n) is 6.24. The fraction of sp³-hybridized carbons (Fsp3) is 0.333. The number of benzene rings is 1. The summed E-state index contributed by atoms with van der Waals surface area (Å²) < 4.78 is 28.8. The Morgan fingerprint density at radius 2 is 2.08 bits per heavy atom. The highest BCUT2D eigenvalue weighted by Gasteiger charge is 2.36. The van der Waals surface area contributed by atoms with Crippen LogP contribution >= 0.6 is 0 Å². The van der Waals surface area contributed by atoms with Crippen molar-refractivity contribution in [1.82, 2.24) is 9.47 Å². The molecule has 1 aromatic heterocycles. The van der Waals surface area contributed by atoms with Crippen molar-refractivity contribution in [1.29, 1.82) is 0 Å². The quantitative estimate of drug-likeness (QED) is 0.920. The largest absolute Gasteiger partial charge is 0.391 e. The number of carbonyl (C=O) groups is 1. The van der Waals surface area contributed by atoms with Gasteiger partial charge >= 0.3 is 0 Å². The Kier molecular flexibility index (Phi) is 4.67. The summed E-state index contributed by atoms with van der Waals surface area (Å²) in [5, 5.41) is 9.93. The van der Waals surface area contributed by atoms with Crippen LogP contribution in [-0.2, 0) is 11.3 Å². The van der Waals surface area contributed by atoms with E-state index in [1.807, 2.05) is 0 Å². The first kappa shape index (κ1) is 17.3. The molecule has 2 heterocycles. The van der Waals surface area contributed by atoms with Crippen LogP contribution in [0.4, 0.5) is 8.78 Å². The number of pyridine rings is 1. The number of aliphatic hydroxyl groups excluding tert-OH is 1. The van der Waals surface area contributed by atoms with Crippen LogP contribution in [0.5, 0.6) is 0 Å². The highest BCUT2D eigenvalue weighted by molar-refractivity contribution is 5.77. The maximum atomic E-state index is 14.1. The maximum absolute atomic E-state index is 14.1. The average Bonchev–Trinajstić information content (AvgIpc) is 2.96. The number of rotatable bonds is 3. The number of β-amino-alcohol motifs (C(OH)–C–C–N with tert-alkyl or cyclic N) is 1. The molecule has 2 atom stereocenters. The zero-order valence-electron chi connectivity index (χ0n) is 13.7. The topological polar surface area (TPSA) is 62.5 Å². The van der Waals surface area contributed by atoms with Gasteiger partial charge in [0.15, 0.2) is 0 Å². The molecule has 7 heteroatoms. The number of halogens is 2. The first-order chi connectivity index (χ1) is 11.9. The number of nitrogens with zero attached hydrogens (tertiary/aromatic N) is 2. The Balaban J connectivity index is 1.89. The van der Waals surface area contributed by atoms with Gasteiger partial charge in [-0.15, -0.1) is 0 Å². The van der Waals surface area contributed by atoms with Crippen LogP contribution in [0.25, 0.3) is 0 Å². The molecule has 5 nitrogen and oxygen atoms in total. The van der Waals surface area contributed by atoms with Gasteiger partial charge in [0.25, 0.3) is 5.56 Å². The van der Waals surface area contributed by atoms with Gasteiger partial charge in [-0.2, -0.15) is 0 Å². The van der Waals surface area contributed by atoms with Crippen molar-refractivity contribution in [2.24, 2.45) is 0 Å². The Morgan fingerprint density at radius 1 is 1.32 bits per heavy atom. The van der Waals surface area contributed by atoms with Crippen molar-refractivity contribution >= 4 is 5.91 Å². The molecule has 0 saturated carbocycles. The van der Waals surface area contributed by atoms with Gasteiger partial charge in [0, 0.05) is 23.9 Å². The summed E-state index contributed by atoms with van der Waals surface area (Å²) in [4.78, 5) is 26.0. The van der Waals surface area contributed by atoms with Crippen molar-refractivity contribution in [3.63, 3.8) is 0 Å². The zero-order chi connectivity index (χ0) is 18.1. The molecule has 0 unspecified atom stereocenters. The van der Waals surface area contributed by atoms with Gasteiger partial charge in [-0.1, -0.05) is 6.07 Å². The van der Waals surface area contributed by atoms with Crippen molar-refractivity contribution < 1.29 is 18.7 Å². The second kappa shape index (κ2) is 6.76. The number of aryl methyl sites for hydroxylation is 1. The van der Waals surface area contributed by atoms with Crippen molar-refractivity contribution in [3.05, 3.63) is 69.6 Å². The summed E-state index contributed by atoms with van der Waals surface area (Å²) in [7, 11) is 0. The minimum Gasteiger partial charge on any atom is -0.391 e. The fourth-order valence-corrected chi connectivity index (χ4v) is 3.17. The van der Waals surface area contributed by atoms with Crippen LogP contribution in [0.15, 0.2) is 41.3 Å². The third kappa shape index (κ3) is 3.46. The van der Waals surface area contributed by atoms with Crippen LogP contribution in [0, 0.1) is 18.6 Å². The van der Waals surface area contributed by atoms with Crippen molar-refractivity contribution in [3.8, 4) is 0 Å². The predicted molar refractivity (Wildman–Crippen MR) is 86.9 cm³/mol. The zero-order valence-corrected chi connectivity index (χ0v) is 13.7. The predicted octanol–water partition coefficient (Wildman–Crippen LogP) is 1.77. The first-order valence-electron chi connectivity index (χ1n) is 7.95. The minimum absolute atomic E-state index is 0.0139. The van der Waals surface area contributed by atoms with E-state index < -0.39 is 29.7 Å². The molecule has 1 aromatic carbocycles. The van der Waals surface area contributed by atoms with Gasteiger partial charge in [0.2, 0.25) is 5.91 Å². The fourth-order valence-electron chi connectivity index (χ4n) is 3.17. The van der Waals surface area contributed by atoms with Crippen LogP contribution in [-0.4, -0.2) is 33.1 Å². The molecule has 0 spiro atoms. The Labute approximate surface area is 143 Å². The van der Waals surface area contributed by atoms with E-state index in [-0.39, 0.29) is 30.6 Å². The van der Waals surface area contributed by atoms with Crippen molar-refractivity contribution in [2.75, 3.05) is 6.54 Å². The highest BCUT2D eigenvalue weighted by Crippen LogP contribution is 2.34. The molecule has 1 fully saturated rings. The van der Waals surface area contributed by atoms with E-state index in [1.165, 1.54) is 15.7 Å². The van der Waals surface area contributed by atoms with Gasteiger partial charge in [-0.25, -0.2) is 8.78 Å². The Morgan fingerprint density at radius 3 is 2.84 bits per heavy atom. The molecule has 0 bridgehead atoms. The smallest absolute Gasteiger partial charge is 0.253 e. The summed E-state index contributed by atoms with van der Waals surface area (Å²) in [6.45, 7) is 1.44. The molecule has 1 aliphatic heterocycles. The van der Waals surface area contributed by atoms with E-state index >= 15 is 0 Å². The third-order valence-electron chi connectivity index (χ3n) is 4.43. The van der Waals surface area contributed by atoms with Gasteiger partial charge < -0.3 is 14.6 Å². The third-order valence-corrected chi connectivity index (χ3v) is 4.43. The van der Waals surface area contributed by atoms with E-state index in [2.05, 4.69) is 0 Å². The molecule has 2 aromatic rings. The molecule has 1 saturated heterocycles. The molecule has 0 radical (unpaired) electrons. The van der Waals surface area contributed by atoms with E-state index in [1.54, 1.807) is 19.1 Å². The lowest BCUT2D eigenvalue weighted by atomic mass is 10.0. The molecule has 25 heavy (non-hydrogen) atoms. The average molecular weight is 348 g/mol. The number of aliphatic hydroxyl groups is 1. The molecule has 1 amide bonds. The molecule has 1 N–H and O–H groups in total. The van der Waals surface area contributed by atoms with Crippen LogP contribution in [0.3, 0.4) is 0 Å². The molecule has 3 rings (SSSR count). The normalized spacial score (nSPS) is 20.1. The lowest BCUT2D eigenvalue weighted by Crippen LogP contribution is -2.37. The molecule has 0 aliphatic carbocycles. The van der Waals surface area contributed by atoms with Crippen molar-refractivity contribution in [2.45, 2.75) is 32.0 Å². The maximum Gasteiger partial charge on any atom is 0.253 e. The van der Waals surface area contributed by atoms with Gasteiger partial charge in [-0.05, 0) is 37.6 Å². The highest BCUT2D eigenvalue weighted by atomic mass is 19.1.